The van der Waals surface area contributed by atoms with Crippen LogP contribution in [0.3, 0.4) is 0 Å². The van der Waals surface area contributed by atoms with Gasteiger partial charge in [0.25, 0.3) is 5.91 Å². The van der Waals surface area contributed by atoms with E-state index in [0.717, 1.165) is 38.5 Å². The molecule has 0 spiro atoms. The van der Waals surface area contributed by atoms with Crippen LogP contribution in [-0.2, 0) is 14.4 Å². The standard InChI is InChI=1S/C22H37NO3/c1-2-3-4-5-6-7-8-9-10-11-12-13-14-15-16-19-22(25)26-23-20-17-18-21(23)24/h6-7,9-10H,2-5,8,11-20H2,1H3/b7-6-,10-9-. The van der Waals surface area contributed by atoms with E-state index in [1.54, 1.807) is 0 Å². The Balaban J connectivity index is 1.85. The van der Waals surface area contributed by atoms with E-state index in [1.165, 1.54) is 43.6 Å². The molecule has 0 aromatic rings. The van der Waals surface area contributed by atoms with Crippen molar-refractivity contribution in [2.24, 2.45) is 0 Å². The number of hydroxylamine groups is 2. The number of rotatable bonds is 15. The molecule has 148 valence electrons. The lowest BCUT2D eigenvalue weighted by molar-refractivity contribution is -0.192. The van der Waals surface area contributed by atoms with Gasteiger partial charge in [-0.1, -0.05) is 63.3 Å². The monoisotopic (exact) mass is 363 g/mol. The van der Waals surface area contributed by atoms with Crippen LogP contribution < -0.4 is 0 Å². The molecule has 1 aliphatic heterocycles. The molecule has 1 saturated heterocycles. The van der Waals surface area contributed by atoms with Gasteiger partial charge in [-0.05, 0) is 44.9 Å². The molecule has 0 atom stereocenters. The molecule has 0 saturated carbocycles. The second-order valence-corrected chi connectivity index (χ2v) is 7.04. The van der Waals surface area contributed by atoms with E-state index in [2.05, 4.69) is 31.2 Å². The van der Waals surface area contributed by atoms with Crippen LogP contribution in [0.5, 0.6) is 0 Å². The summed E-state index contributed by atoms with van der Waals surface area (Å²) in [6.45, 7) is 2.78. The number of carbonyl (C=O) groups is 2. The Labute approximate surface area is 159 Å². The Bertz CT molecular complexity index is 443. The number of carbonyl (C=O) groups excluding carboxylic acids is 2. The van der Waals surface area contributed by atoms with Crippen LogP contribution in [0.25, 0.3) is 0 Å². The highest BCUT2D eigenvalue weighted by Crippen LogP contribution is 2.12. The molecule has 1 heterocycles. The van der Waals surface area contributed by atoms with Crippen molar-refractivity contribution in [1.82, 2.24) is 5.06 Å². The minimum Gasteiger partial charge on any atom is -0.338 e. The maximum Gasteiger partial charge on any atom is 0.332 e. The van der Waals surface area contributed by atoms with E-state index in [1.807, 2.05) is 0 Å². The first-order chi connectivity index (χ1) is 12.7. The van der Waals surface area contributed by atoms with Gasteiger partial charge in [0, 0.05) is 12.8 Å². The highest BCUT2D eigenvalue weighted by Gasteiger charge is 2.23. The molecule has 0 radical (unpaired) electrons. The number of hydrogen-bond donors (Lipinski definition) is 0. The molecule has 0 aromatic carbocycles. The predicted molar refractivity (Wildman–Crippen MR) is 106 cm³/mol. The van der Waals surface area contributed by atoms with Crippen LogP contribution in [0.2, 0.25) is 0 Å². The van der Waals surface area contributed by atoms with E-state index in [0.29, 0.717) is 19.4 Å². The van der Waals surface area contributed by atoms with E-state index < -0.39 is 0 Å². The molecule has 1 fully saturated rings. The minimum atomic E-state index is -0.272. The lowest BCUT2D eigenvalue weighted by Gasteiger charge is -2.14. The Morgan fingerprint density at radius 1 is 0.962 bits per heavy atom. The smallest absolute Gasteiger partial charge is 0.332 e. The number of allylic oxidation sites excluding steroid dienone is 4. The molecule has 0 aromatic heterocycles. The lowest BCUT2D eigenvalue weighted by Crippen LogP contribution is -2.28. The average Bonchev–Trinajstić information content (AvgIpc) is 3.03. The molecule has 0 N–H and O–H groups in total. The highest BCUT2D eigenvalue weighted by atomic mass is 16.7. The minimum absolute atomic E-state index is 0.0709. The van der Waals surface area contributed by atoms with Crippen LogP contribution in [0.4, 0.5) is 0 Å². The van der Waals surface area contributed by atoms with Crippen molar-refractivity contribution in [2.75, 3.05) is 6.54 Å². The van der Waals surface area contributed by atoms with Crippen LogP contribution in [0, 0.1) is 0 Å². The molecule has 4 heteroatoms. The van der Waals surface area contributed by atoms with Crippen LogP contribution in [0.1, 0.15) is 96.8 Å². The van der Waals surface area contributed by atoms with Crippen molar-refractivity contribution in [3.8, 4) is 0 Å². The van der Waals surface area contributed by atoms with Crippen LogP contribution in [0.15, 0.2) is 24.3 Å². The van der Waals surface area contributed by atoms with Gasteiger partial charge in [-0.2, -0.15) is 5.06 Å². The van der Waals surface area contributed by atoms with Gasteiger partial charge in [0.1, 0.15) is 0 Å². The zero-order valence-corrected chi connectivity index (χ0v) is 16.6. The Morgan fingerprint density at radius 2 is 1.62 bits per heavy atom. The first kappa shape index (κ1) is 22.5. The second-order valence-electron chi connectivity index (χ2n) is 7.04. The number of amides is 1. The van der Waals surface area contributed by atoms with Gasteiger partial charge in [-0.15, -0.1) is 0 Å². The van der Waals surface area contributed by atoms with Crippen LogP contribution in [-0.4, -0.2) is 23.5 Å². The fourth-order valence-electron chi connectivity index (χ4n) is 2.97. The molecular weight excluding hydrogens is 326 g/mol. The third kappa shape index (κ3) is 11.9. The summed E-state index contributed by atoms with van der Waals surface area (Å²) < 4.78 is 0. The molecule has 0 bridgehead atoms. The Morgan fingerprint density at radius 3 is 2.27 bits per heavy atom. The van der Waals surface area contributed by atoms with Gasteiger partial charge in [0.05, 0.1) is 6.54 Å². The van der Waals surface area contributed by atoms with E-state index in [-0.39, 0.29) is 11.9 Å². The summed E-state index contributed by atoms with van der Waals surface area (Å²) in [5.41, 5.74) is 0. The summed E-state index contributed by atoms with van der Waals surface area (Å²) in [6.07, 6.45) is 23.6. The topological polar surface area (TPSA) is 46.6 Å². The van der Waals surface area contributed by atoms with Gasteiger partial charge < -0.3 is 4.84 Å². The second kappa shape index (κ2) is 15.7. The maximum absolute atomic E-state index is 11.6. The summed E-state index contributed by atoms with van der Waals surface area (Å²) in [6, 6.07) is 0. The molecule has 1 aliphatic rings. The molecule has 26 heavy (non-hydrogen) atoms. The SMILES string of the molecule is CCCCC/C=C\C/C=C\CCCCCCCC(=O)ON1CCCC1=O. The summed E-state index contributed by atoms with van der Waals surface area (Å²) >= 11 is 0. The predicted octanol–water partition coefficient (Wildman–Crippen LogP) is 5.88. The largest absolute Gasteiger partial charge is 0.338 e. The van der Waals surface area contributed by atoms with Crippen molar-refractivity contribution in [1.29, 1.82) is 0 Å². The van der Waals surface area contributed by atoms with Gasteiger partial charge in [-0.25, -0.2) is 4.79 Å². The molecule has 0 aliphatic carbocycles. The zero-order valence-electron chi connectivity index (χ0n) is 16.6. The first-order valence-electron chi connectivity index (χ1n) is 10.5. The Hall–Kier alpha value is -1.58. The average molecular weight is 364 g/mol. The van der Waals surface area contributed by atoms with Crippen molar-refractivity contribution in [3.63, 3.8) is 0 Å². The number of unbranched alkanes of at least 4 members (excludes halogenated alkanes) is 8. The fourth-order valence-corrected chi connectivity index (χ4v) is 2.97. The summed E-state index contributed by atoms with van der Waals surface area (Å²) in [5, 5.41) is 1.22. The van der Waals surface area contributed by atoms with Gasteiger partial charge in [0.15, 0.2) is 0 Å². The molecule has 1 amide bonds. The number of nitrogens with zero attached hydrogens (tertiary/aromatic N) is 1. The van der Waals surface area contributed by atoms with Gasteiger partial charge >= 0.3 is 5.97 Å². The molecule has 4 nitrogen and oxygen atoms in total. The number of hydrogen-bond acceptors (Lipinski definition) is 3. The molecule has 1 rings (SSSR count). The van der Waals surface area contributed by atoms with Gasteiger partial charge in [-0.3, -0.25) is 4.79 Å². The third-order valence-electron chi connectivity index (χ3n) is 4.57. The van der Waals surface area contributed by atoms with Crippen molar-refractivity contribution in [3.05, 3.63) is 24.3 Å². The highest BCUT2D eigenvalue weighted by molar-refractivity contribution is 5.79. The molecule has 0 unspecified atom stereocenters. The summed E-state index contributed by atoms with van der Waals surface area (Å²) in [7, 11) is 0. The van der Waals surface area contributed by atoms with E-state index in [9.17, 15) is 9.59 Å². The van der Waals surface area contributed by atoms with Crippen molar-refractivity contribution in [2.45, 2.75) is 96.8 Å². The van der Waals surface area contributed by atoms with Crippen molar-refractivity contribution < 1.29 is 14.4 Å². The van der Waals surface area contributed by atoms with E-state index >= 15 is 0 Å². The zero-order chi connectivity index (χ0) is 18.9. The third-order valence-corrected chi connectivity index (χ3v) is 4.57. The fraction of sp³-hybridized carbons (Fsp3) is 0.727. The first-order valence-corrected chi connectivity index (χ1v) is 10.5. The Kier molecular flexibility index (Phi) is 13.5. The van der Waals surface area contributed by atoms with Crippen molar-refractivity contribution >= 4 is 11.9 Å². The van der Waals surface area contributed by atoms with Gasteiger partial charge in [0.2, 0.25) is 0 Å². The molecular formula is C22H37NO3. The summed E-state index contributed by atoms with van der Waals surface area (Å²) in [5.74, 6) is -0.343. The van der Waals surface area contributed by atoms with E-state index in [4.69, 9.17) is 4.84 Å². The maximum atomic E-state index is 11.6. The summed E-state index contributed by atoms with van der Waals surface area (Å²) in [4.78, 5) is 28.1. The normalized spacial score (nSPS) is 14.8. The van der Waals surface area contributed by atoms with Crippen LogP contribution >= 0.6 is 0 Å². The lowest BCUT2D eigenvalue weighted by atomic mass is 10.1. The quantitative estimate of drug-likeness (QED) is 0.269.